The summed E-state index contributed by atoms with van der Waals surface area (Å²) in [5.41, 5.74) is 1.89. The number of nitrogens with one attached hydrogen (secondary N) is 1. The molecule has 0 aliphatic carbocycles. The van der Waals surface area contributed by atoms with E-state index in [-0.39, 0.29) is 30.7 Å². The van der Waals surface area contributed by atoms with Gasteiger partial charge in [0.25, 0.3) is 11.8 Å². The van der Waals surface area contributed by atoms with Crippen LogP contribution in [0.4, 0.5) is 5.13 Å². The molecule has 1 N–H and O–H groups in total. The van der Waals surface area contributed by atoms with Crippen molar-refractivity contribution in [2.45, 2.75) is 12.8 Å². The van der Waals surface area contributed by atoms with Gasteiger partial charge in [-0.15, -0.1) is 10.2 Å². The number of carbonyl (C=O) groups excluding carboxylic acids is 3. The lowest BCUT2D eigenvalue weighted by molar-refractivity contribution is -0.116. The molecule has 4 aromatic rings. The molecule has 0 radical (unpaired) electrons. The highest BCUT2D eigenvalue weighted by atomic mass is 32.1. The summed E-state index contributed by atoms with van der Waals surface area (Å²) in [6.45, 7) is 0.0137. The number of fused-ring (bicyclic) bond motifs is 2. The number of carbonyl (C=O) groups is 3. The van der Waals surface area contributed by atoms with Gasteiger partial charge in [0.1, 0.15) is 5.01 Å². The minimum Gasteiger partial charge on any atom is -0.300 e. The summed E-state index contributed by atoms with van der Waals surface area (Å²) in [6.07, 6.45) is 0.605. The van der Waals surface area contributed by atoms with Crippen molar-refractivity contribution in [1.29, 1.82) is 0 Å². The first kappa shape index (κ1) is 20.0. The van der Waals surface area contributed by atoms with Crippen LogP contribution in [0.5, 0.6) is 0 Å². The summed E-state index contributed by atoms with van der Waals surface area (Å²) >= 11 is 1.31. The number of benzene rings is 3. The molecule has 2 heterocycles. The van der Waals surface area contributed by atoms with Crippen LogP contribution in [0.1, 0.15) is 37.7 Å². The van der Waals surface area contributed by atoms with Crippen LogP contribution in [0.25, 0.3) is 10.8 Å². The molecule has 32 heavy (non-hydrogen) atoms. The molecule has 3 aromatic carbocycles. The zero-order chi connectivity index (χ0) is 22.1. The molecule has 0 fully saturated rings. The average molecular weight is 443 g/mol. The summed E-state index contributed by atoms with van der Waals surface area (Å²) in [7, 11) is 0. The van der Waals surface area contributed by atoms with Gasteiger partial charge in [0, 0.05) is 19.4 Å². The van der Waals surface area contributed by atoms with E-state index >= 15 is 0 Å². The first-order valence-corrected chi connectivity index (χ1v) is 11.0. The monoisotopic (exact) mass is 442 g/mol. The normalized spacial score (nSPS) is 12.9. The summed E-state index contributed by atoms with van der Waals surface area (Å²) in [5, 5.41) is 14.5. The fourth-order valence-corrected chi connectivity index (χ4v) is 4.60. The molecule has 0 atom stereocenters. The molecule has 7 nitrogen and oxygen atoms in total. The van der Waals surface area contributed by atoms with Crippen molar-refractivity contribution >= 4 is 45.0 Å². The molecule has 3 amide bonds. The van der Waals surface area contributed by atoms with Crippen LogP contribution >= 0.6 is 11.3 Å². The Bertz CT molecular complexity index is 1320. The molecule has 8 heteroatoms. The Morgan fingerprint density at radius 2 is 1.56 bits per heavy atom. The lowest BCUT2D eigenvalue weighted by atomic mass is 10.0. The van der Waals surface area contributed by atoms with E-state index in [1.165, 1.54) is 11.3 Å². The quantitative estimate of drug-likeness (QED) is 0.457. The van der Waals surface area contributed by atoms with E-state index in [9.17, 15) is 14.4 Å². The average Bonchev–Trinajstić information content (AvgIpc) is 3.35. The second kappa shape index (κ2) is 8.32. The number of hydrogen-bond acceptors (Lipinski definition) is 6. The fourth-order valence-electron chi connectivity index (χ4n) is 3.82. The number of imide groups is 1. The maximum absolute atomic E-state index is 12.4. The number of aromatic nitrogens is 2. The Morgan fingerprint density at radius 3 is 2.34 bits per heavy atom. The second-order valence-electron chi connectivity index (χ2n) is 7.42. The van der Waals surface area contributed by atoms with Crippen LogP contribution in [0.3, 0.4) is 0 Å². The van der Waals surface area contributed by atoms with Gasteiger partial charge in [0.2, 0.25) is 11.0 Å². The van der Waals surface area contributed by atoms with E-state index in [0.29, 0.717) is 22.7 Å². The van der Waals surface area contributed by atoms with Gasteiger partial charge in [0.05, 0.1) is 11.1 Å². The third kappa shape index (κ3) is 3.76. The standard InChI is InChI=1S/C24H18N4O3S/c29-20(12-13-28-22(30)18-10-3-4-11-19(18)23(28)31)25-24-27-26-21(32-24)14-16-8-5-7-15-6-1-2-9-17(15)16/h1-11H,12-14H2,(H,25,27,29). The summed E-state index contributed by atoms with van der Waals surface area (Å²) in [5.74, 6) is -1.06. The Morgan fingerprint density at radius 1 is 0.875 bits per heavy atom. The third-order valence-corrected chi connectivity index (χ3v) is 6.21. The Hall–Kier alpha value is -3.91. The van der Waals surface area contributed by atoms with E-state index in [1.54, 1.807) is 24.3 Å². The second-order valence-corrected chi connectivity index (χ2v) is 8.48. The minimum atomic E-state index is -0.369. The van der Waals surface area contributed by atoms with Crippen LogP contribution in [0, 0.1) is 0 Å². The summed E-state index contributed by atoms with van der Waals surface area (Å²) < 4.78 is 0. The highest BCUT2D eigenvalue weighted by molar-refractivity contribution is 7.15. The molecular weight excluding hydrogens is 424 g/mol. The first-order chi connectivity index (χ1) is 15.6. The SMILES string of the molecule is O=C(CCN1C(=O)c2ccccc2C1=O)Nc1nnc(Cc2cccc3ccccc23)s1. The molecule has 158 valence electrons. The van der Waals surface area contributed by atoms with Gasteiger partial charge in [-0.2, -0.15) is 0 Å². The van der Waals surface area contributed by atoms with Crippen molar-refractivity contribution in [1.82, 2.24) is 15.1 Å². The van der Waals surface area contributed by atoms with Crippen molar-refractivity contribution in [3.8, 4) is 0 Å². The fraction of sp³-hybridized carbons (Fsp3) is 0.125. The smallest absolute Gasteiger partial charge is 0.261 e. The van der Waals surface area contributed by atoms with Crippen LogP contribution in [-0.4, -0.2) is 39.4 Å². The zero-order valence-electron chi connectivity index (χ0n) is 16.9. The van der Waals surface area contributed by atoms with Crippen molar-refractivity contribution in [2.24, 2.45) is 0 Å². The molecule has 0 bridgehead atoms. The van der Waals surface area contributed by atoms with Gasteiger partial charge in [-0.3, -0.25) is 19.3 Å². The van der Waals surface area contributed by atoms with Gasteiger partial charge in [-0.1, -0.05) is 65.9 Å². The van der Waals surface area contributed by atoms with Gasteiger partial charge in [-0.25, -0.2) is 0 Å². The Labute approximate surface area is 187 Å². The minimum absolute atomic E-state index is 0.0102. The van der Waals surface area contributed by atoms with Gasteiger partial charge >= 0.3 is 0 Å². The molecular formula is C24H18N4O3S. The maximum atomic E-state index is 12.4. The lowest BCUT2D eigenvalue weighted by Gasteiger charge is -2.12. The van der Waals surface area contributed by atoms with Crippen LogP contribution in [0.2, 0.25) is 0 Å². The van der Waals surface area contributed by atoms with Crippen LogP contribution in [0.15, 0.2) is 66.7 Å². The van der Waals surface area contributed by atoms with E-state index < -0.39 is 0 Å². The molecule has 1 aromatic heterocycles. The van der Waals surface area contributed by atoms with Gasteiger partial charge in [0.15, 0.2) is 0 Å². The summed E-state index contributed by atoms with van der Waals surface area (Å²) in [6, 6.07) is 21.0. The number of nitrogens with zero attached hydrogens (tertiary/aromatic N) is 3. The Balaban J connectivity index is 1.20. The van der Waals surface area contributed by atoms with Crippen molar-refractivity contribution < 1.29 is 14.4 Å². The molecule has 1 aliphatic rings. The maximum Gasteiger partial charge on any atom is 0.261 e. The highest BCUT2D eigenvalue weighted by Crippen LogP contribution is 2.25. The third-order valence-electron chi connectivity index (χ3n) is 5.38. The molecule has 5 rings (SSSR count). The summed E-state index contributed by atoms with van der Waals surface area (Å²) in [4.78, 5) is 38.3. The van der Waals surface area contributed by atoms with Crippen molar-refractivity contribution in [3.05, 3.63) is 88.4 Å². The highest BCUT2D eigenvalue weighted by Gasteiger charge is 2.35. The first-order valence-electron chi connectivity index (χ1n) is 10.1. The van der Waals surface area contributed by atoms with Crippen molar-refractivity contribution in [2.75, 3.05) is 11.9 Å². The number of hydrogen-bond donors (Lipinski definition) is 1. The topological polar surface area (TPSA) is 92.3 Å². The van der Waals surface area contributed by atoms with Crippen LogP contribution < -0.4 is 5.32 Å². The molecule has 0 spiro atoms. The van der Waals surface area contributed by atoms with Crippen molar-refractivity contribution in [3.63, 3.8) is 0 Å². The van der Waals surface area contributed by atoms with Crippen LogP contribution in [-0.2, 0) is 11.2 Å². The number of rotatable bonds is 6. The largest absolute Gasteiger partial charge is 0.300 e. The van der Waals surface area contributed by atoms with Gasteiger partial charge in [-0.05, 0) is 28.5 Å². The predicted octanol–water partition coefficient (Wildman–Crippen LogP) is 3.91. The molecule has 0 saturated heterocycles. The number of amides is 3. The van der Waals surface area contributed by atoms with E-state index in [2.05, 4.69) is 39.8 Å². The number of anilines is 1. The molecule has 1 aliphatic heterocycles. The zero-order valence-corrected chi connectivity index (χ0v) is 17.8. The van der Waals surface area contributed by atoms with Gasteiger partial charge < -0.3 is 5.32 Å². The Kier molecular flexibility index (Phi) is 5.20. The van der Waals surface area contributed by atoms with E-state index in [0.717, 1.165) is 26.2 Å². The van der Waals surface area contributed by atoms with E-state index in [4.69, 9.17) is 0 Å². The lowest BCUT2D eigenvalue weighted by Crippen LogP contribution is -2.32. The molecule has 0 saturated carbocycles. The van der Waals surface area contributed by atoms with E-state index in [1.807, 2.05) is 18.2 Å². The predicted molar refractivity (Wildman–Crippen MR) is 122 cm³/mol. The molecule has 0 unspecified atom stereocenters.